The number of nitrogens with one attached hydrogen (secondary N) is 1. The number of rotatable bonds is 8. The lowest BCUT2D eigenvalue weighted by atomic mass is 10.0. The first kappa shape index (κ1) is 29.7. The van der Waals surface area contributed by atoms with Gasteiger partial charge in [0, 0.05) is 56.1 Å². The van der Waals surface area contributed by atoms with Gasteiger partial charge in [0.05, 0.1) is 31.4 Å². The Balaban J connectivity index is 1.07. The van der Waals surface area contributed by atoms with Crippen LogP contribution in [-0.2, 0) is 9.53 Å². The Labute approximate surface area is 255 Å². The molecule has 3 saturated heterocycles. The summed E-state index contributed by atoms with van der Waals surface area (Å²) in [5, 5.41) is 22.5. The van der Waals surface area contributed by atoms with Crippen LogP contribution < -0.4 is 15.0 Å². The lowest BCUT2D eigenvalue weighted by Crippen LogP contribution is -2.56. The number of ether oxygens (including phenoxy) is 2. The smallest absolute Gasteiger partial charge is 0.251 e. The second-order valence-corrected chi connectivity index (χ2v) is 11.3. The van der Waals surface area contributed by atoms with Gasteiger partial charge in [-0.3, -0.25) is 9.69 Å². The highest BCUT2D eigenvalue weighted by Gasteiger charge is 2.34. The molecule has 3 aromatic rings. The van der Waals surface area contributed by atoms with Gasteiger partial charge in [0.25, 0.3) is 5.91 Å². The number of piperidine rings is 1. The minimum Gasteiger partial charge on any atom is -0.486 e. The summed E-state index contributed by atoms with van der Waals surface area (Å²) >= 11 is 0. The van der Waals surface area contributed by atoms with Crippen LogP contribution >= 0.6 is 0 Å². The van der Waals surface area contributed by atoms with Gasteiger partial charge in [0.15, 0.2) is 12.0 Å². The lowest BCUT2D eigenvalue weighted by molar-refractivity contribution is -0.143. The van der Waals surface area contributed by atoms with Gasteiger partial charge in [0.2, 0.25) is 5.95 Å². The van der Waals surface area contributed by atoms with Crippen molar-refractivity contribution in [3.8, 4) is 23.2 Å². The zero-order valence-corrected chi connectivity index (χ0v) is 24.5. The number of aromatic nitrogens is 3. The van der Waals surface area contributed by atoms with E-state index < -0.39 is 24.3 Å². The molecule has 1 amide bonds. The molecule has 13 heteroatoms. The maximum absolute atomic E-state index is 14.9. The number of alkyl halides is 1. The Bertz CT molecular complexity index is 1510. The number of aliphatic hydroxyl groups excluding tert-OH is 1. The fraction of sp³-hybridized carbons (Fsp3) is 0.452. The quantitative estimate of drug-likeness (QED) is 0.393. The molecule has 3 aliphatic heterocycles. The second kappa shape index (κ2) is 13.1. The second-order valence-electron chi connectivity index (χ2n) is 11.3. The SMILES string of the molecule is CC(O)C(=O)N1CCC(Oc2ccc(-c3ncnc(Nc4ccc(N5CCN(C6COC6)CC5)cc4)n3)cc2C#N)C(F)C1. The molecule has 0 bridgehead atoms. The number of nitriles is 1. The highest BCUT2D eigenvalue weighted by atomic mass is 19.1. The largest absolute Gasteiger partial charge is 0.486 e. The number of anilines is 3. The van der Waals surface area contributed by atoms with Gasteiger partial charge >= 0.3 is 0 Å². The Kier molecular flexibility index (Phi) is 8.83. The molecule has 6 rings (SSSR count). The molecular weight excluding hydrogens is 567 g/mol. The van der Waals surface area contributed by atoms with Gasteiger partial charge in [0.1, 0.15) is 30.4 Å². The monoisotopic (exact) mass is 602 g/mol. The van der Waals surface area contributed by atoms with Gasteiger partial charge in [-0.1, -0.05) is 0 Å². The molecule has 0 aliphatic carbocycles. The standard InChI is InChI=1S/C31H35FN8O4/c1-20(41)30(42)40-9-8-28(26(32)16-40)44-27-7-2-21(14-22(27)15-33)29-34-19-35-31(37-29)36-23-3-5-24(6-4-23)38-10-12-39(13-11-38)25-17-43-18-25/h2-7,14,19-20,25-26,28,41H,8-13,16-18H2,1H3,(H,34,35,36,37). The van der Waals surface area contributed by atoms with Crippen LogP contribution in [-0.4, -0.2) is 113 Å². The molecule has 2 N–H and O–H groups in total. The third kappa shape index (κ3) is 6.57. The summed E-state index contributed by atoms with van der Waals surface area (Å²) in [5.74, 6) is 0.452. The number of hydrogen-bond acceptors (Lipinski definition) is 11. The van der Waals surface area contributed by atoms with Crippen molar-refractivity contribution in [3.63, 3.8) is 0 Å². The summed E-state index contributed by atoms with van der Waals surface area (Å²) < 4.78 is 26.1. The summed E-state index contributed by atoms with van der Waals surface area (Å²) in [6, 6.07) is 15.7. The van der Waals surface area contributed by atoms with Gasteiger partial charge in [-0.2, -0.15) is 10.2 Å². The van der Waals surface area contributed by atoms with Gasteiger partial charge in [-0.25, -0.2) is 14.4 Å². The summed E-state index contributed by atoms with van der Waals surface area (Å²) in [7, 11) is 0. The first-order valence-corrected chi connectivity index (χ1v) is 14.8. The number of piperazine rings is 1. The molecule has 0 radical (unpaired) electrons. The topological polar surface area (TPSA) is 140 Å². The predicted molar refractivity (Wildman–Crippen MR) is 160 cm³/mol. The lowest BCUT2D eigenvalue weighted by Gasteiger charge is -2.43. The van der Waals surface area contributed by atoms with E-state index in [2.05, 4.69) is 48.3 Å². The Morgan fingerprint density at radius 1 is 1.14 bits per heavy atom. The number of hydrogen-bond donors (Lipinski definition) is 2. The van der Waals surface area contributed by atoms with E-state index in [9.17, 15) is 19.6 Å². The zero-order chi connectivity index (χ0) is 30.6. The molecule has 3 aliphatic rings. The number of likely N-dealkylation sites (tertiary alicyclic amines) is 1. The van der Waals surface area contributed by atoms with E-state index in [1.807, 2.05) is 12.1 Å². The molecule has 44 heavy (non-hydrogen) atoms. The van der Waals surface area contributed by atoms with Gasteiger partial charge in [-0.15, -0.1) is 0 Å². The minimum atomic E-state index is -1.46. The van der Waals surface area contributed by atoms with E-state index in [4.69, 9.17) is 9.47 Å². The molecule has 2 aromatic carbocycles. The van der Waals surface area contributed by atoms with Crippen molar-refractivity contribution < 1.29 is 23.8 Å². The molecule has 3 fully saturated rings. The summed E-state index contributed by atoms with van der Waals surface area (Å²) in [4.78, 5) is 31.3. The summed E-state index contributed by atoms with van der Waals surface area (Å²) in [5.41, 5.74) is 2.79. The van der Waals surface area contributed by atoms with Crippen molar-refractivity contribution in [1.82, 2.24) is 24.8 Å². The molecule has 1 aromatic heterocycles. The molecule has 3 atom stereocenters. The third-order valence-electron chi connectivity index (χ3n) is 8.30. The van der Waals surface area contributed by atoms with Crippen LogP contribution in [0.15, 0.2) is 48.8 Å². The van der Waals surface area contributed by atoms with E-state index in [0.717, 1.165) is 45.1 Å². The molecule has 4 heterocycles. The number of benzene rings is 2. The van der Waals surface area contributed by atoms with Crippen molar-refractivity contribution in [3.05, 3.63) is 54.4 Å². The molecular formula is C31H35FN8O4. The highest BCUT2D eigenvalue weighted by Crippen LogP contribution is 2.29. The number of amides is 1. The molecule has 12 nitrogen and oxygen atoms in total. The van der Waals surface area contributed by atoms with Crippen molar-refractivity contribution in [2.45, 2.75) is 37.8 Å². The fourth-order valence-electron chi connectivity index (χ4n) is 5.66. The Morgan fingerprint density at radius 3 is 2.57 bits per heavy atom. The predicted octanol–water partition coefficient (Wildman–Crippen LogP) is 2.37. The Morgan fingerprint density at radius 2 is 1.91 bits per heavy atom. The fourth-order valence-corrected chi connectivity index (χ4v) is 5.66. The van der Waals surface area contributed by atoms with Crippen molar-refractivity contribution in [2.75, 3.05) is 62.7 Å². The number of aliphatic hydroxyl groups is 1. The average molecular weight is 603 g/mol. The molecule has 0 saturated carbocycles. The first-order chi connectivity index (χ1) is 21.4. The van der Waals surface area contributed by atoms with E-state index >= 15 is 0 Å². The minimum absolute atomic E-state index is 0.175. The maximum atomic E-state index is 14.9. The van der Waals surface area contributed by atoms with Crippen LogP contribution in [0.2, 0.25) is 0 Å². The Hall–Kier alpha value is -4.38. The normalized spacial score (nSPS) is 21.7. The molecule has 230 valence electrons. The molecule has 0 spiro atoms. The van der Waals surface area contributed by atoms with E-state index in [1.54, 1.807) is 18.2 Å². The van der Waals surface area contributed by atoms with E-state index in [1.165, 1.54) is 23.8 Å². The average Bonchev–Trinajstić information content (AvgIpc) is 3.02. The van der Waals surface area contributed by atoms with Crippen LogP contribution in [0.5, 0.6) is 5.75 Å². The van der Waals surface area contributed by atoms with Crippen LogP contribution in [0.3, 0.4) is 0 Å². The van der Waals surface area contributed by atoms with Crippen molar-refractivity contribution >= 4 is 23.2 Å². The zero-order valence-electron chi connectivity index (χ0n) is 24.5. The number of halogens is 1. The van der Waals surface area contributed by atoms with Crippen LogP contribution in [0.1, 0.15) is 18.9 Å². The van der Waals surface area contributed by atoms with Gasteiger partial charge in [-0.05, 0) is 49.4 Å². The summed E-state index contributed by atoms with van der Waals surface area (Å²) in [6.45, 7) is 7.15. The third-order valence-corrected chi connectivity index (χ3v) is 8.30. The summed E-state index contributed by atoms with van der Waals surface area (Å²) in [6.07, 6.45) is -1.83. The van der Waals surface area contributed by atoms with Crippen LogP contribution in [0, 0.1) is 11.3 Å². The molecule has 3 unspecified atom stereocenters. The first-order valence-electron chi connectivity index (χ1n) is 14.8. The van der Waals surface area contributed by atoms with E-state index in [-0.39, 0.29) is 30.8 Å². The maximum Gasteiger partial charge on any atom is 0.251 e. The highest BCUT2D eigenvalue weighted by molar-refractivity contribution is 5.80. The van der Waals surface area contributed by atoms with E-state index in [0.29, 0.717) is 23.4 Å². The number of carbonyl (C=O) groups is 1. The number of nitrogens with zero attached hydrogens (tertiary/aromatic N) is 7. The number of carbonyl (C=O) groups excluding carboxylic acids is 1. The van der Waals surface area contributed by atoms with Crippen LogP contribution in [0.25, 0.3) is 11.4 Å². The van der Waals surface area contributed by atoms with Crippen molar-refractivity contribution in [2.24, 2.45) is 0 Å². The van der Waals surface area contributed by atoms with Gasteiger partial charge < -0.3 is 29.7 Å². The van der Waals surface area contributed by atoms with Crippen LogP contribution in [0.4, 0.5) is 21.7 Å². The van der Waals surface area contributed by atoms with Crippen molar-refractivity contribution in [1.29, 1.82) is 5.26 Å².